The monoisotopic (exact) mass is 513 g/mol. The number of nitrogens with zero attached hydrogens (tertiary/aromatic N) is 3. The SMILES string of the molecule is CC[C@]1(N2CCOCC2)CC[C@H](Oc2ccnc3sc4c(c23)[C@@H](CC(=O)N2CC[C@H](O)C2)CC4)CC1. The van der Waals surface area contributed by atoms with Gasteiger partial charge in [-0.15, -0.1) is 11.3 Å². The number of morpholine rings is 1. The number of amides is 1. The lowest BCUT2D eigenvalue weighted by molar-refractivity contribution is -0.130. The fourth-order valence-electron chi connectivity index (χ4n) is 7.10. The number of aromatic nitrogens is 1. The molecule has 2 saturated heterocycles. The fraction of sp³-hybridized carbons (Fsp3) is 0.714. The smallest absolute Gasteiger partial charge is 0.223 e. The molecule has 1 N–H and O–H groups in total. The highest BCUT2D eigenvalue weighted by atomic mass is 32.1. The number of hydrogen-bond acceptors (Lipinski definition) is 7. The predicted molar refractivity (Wildman–Crippen MR) is 141 cm³/mol. The van der Waals surface area contributed by atoms with Crippen LogP contribution in [0, 0.1) is 0 Å². The average Bonchev–Trinajstić information content (AvgIpc) is 3.61. The van der Waals surface area contributed by atoms with Crippen molar-refractivity contribution in [1.82, 2.24) is 14.8 Å². The van der Waals surface area contributed by atoms with Gasteiger partial charge in [0.2, 0.25) is 5.91 Å². The van der Waals surface area contributed by atoms with Gasteiger partial charge in [-0.2, -0.15) is 0 Å². The summed E-state index contributed by atoms with van der Waals surface area (Å²) in [5.41, 5.74) is 1.59. The number of hydrogen-bond donors (Lipinski definition) is 1. The van der Waals surface area contributed by atoms with E-state index in [1.807, 2.05) is 17.2 Å². The summed E-state index contributed by atoms with van der Waals surface area (Å²) in [6.45, 7) is 7.27. The molecule has 2 aliphatic carbocycles. The van der Waals surface area contributed by atoms with E-state index in [1.54, 1.807) is 11.3 Å². The van der Waals surface area contributed by atoms with Gasteiger partial charge in [0.05, 0.1) is 30.8 Å². The molecule has 6 rings (SSSR count). The zero-order valence-electron chi connectivity index (χ0n) is 21.4. The van der Waals surface area contributed by atoms with Gasteiger partial charge in [-0.25, -0.2) is 4.98 Å². The number of β-amino-alcohol motifs (C(OH)–C–C–N with tert-alkyl or cyclic N) is 1. The van der Waals surface area contributed by atoms with Crippen molar-refractivity contribution < 1.29 is 19.4 Å². The van der Waals surface area contributed by atoms with Gasteiger partial charge in [0.15, 0.2) is 0 Å². The Morgan fingerprint density at radius 3 is 2.75 bits per heavy atom. The first-order valence-corrected chi connectivity index (χ1v) is 14.7. The van der Waals surface area contributed by atoms with E-state index < -0.39 is 0 Å². The van der Waals surface area contributed by atoms with Crippen molar-refractivity contribution in [3.05, 3.63) is 22.7 Å². The Morgan fingerprint density at radius 1 is 1.22 bits per heavy atom. The van der Waals surface area contributed by atoms with Crippen LogP contribution in [0.2, 0.25) is 0 Å². The number of carbonyl (C=O) groups is 1. The van der Waals surface area contributed by atoms with Gasteiger partial charge in [0.25, 0.3) is 0 Å². The van der Waals surface area contributed by atoms with Gasteiger partial charge in [-0.05, 0) is 68.9 Å². The van der Waals surface area contributed by atoms with Crippen LogP contribution >= 0.6 is 11.3 Å². The van der Waals surface area contributed by atoms with Crippen molar-refractivity contribution in [2.24, 2.45) is 0 Å². The Labute approximate surface area is 217 Å². The number of aliphatic hydroxyl groups excluding tert-OH is 1. The molecule has 36 heavy (non-hydrogen) atoms. The number of rotatable bonds is 6. The highest BCUT2D eigenvalue weighted by Gasteiger charge is 2.40. The van der Waals surface area contributed by atoms with Crippen molar-refractivity contribution in [2.75, 3.05) is 39.4 Å². The molecule has 0 bridgehead atoms. The number of aryl methyl sites for hydroxylation is 1. The maximum atomic E-state index is 13.0. The number of likely N-dealkylation sites (tertiary alicyclic amines) is 1. The number of thiophene rings is 1. The van der Waals surface area contributed by atoms with Crippen LogP contribution in [0.5, 0.6) is 5.75 Å². The Balaban J connectivity index is 1.18. The zero-order chi connectivity index (χ0) is 24.7. The second-order valence-corrected chi connectivity index (χ2v) is 12.2. The Morgan fingerprint density at radius 2 is 2.03 bits per heavy atom. The minimum absolute atomic E-state index is 0.168. The number of carbonyl (C=O) groups excluding carboxylic acids is 1. The summed E-state index contributed by atoms with van der Waals surface area (Å²) >= 11 is 1.77. The number of fused-ring (bicyclic) bond motifs is 3. The minimum Gasteiger partial charge on any atom is -0.490 e. The van der Waals surface area contributed by atoms with Gasteiger partial charge in [0, 0.05) is 49.2 Å². The molecule has 4 aliphatic rings. The summed E-state index contributed by atoms with van der Waals surface area (Å²) in [6, 6.07) is 2.03. The molecule has 0 unspecified atom stereocenters. The van der Waals surface area contributed by atoms with Crippen LogP contribution in [0.1, 0.15) is 74.6 Å². The number of pyridine rings is 1. The first-order valence-electron chi connectivity index (χ1n) is 13.9. The largest absolute Gasteiger partial charge is 0.490 e. The molecule has 1 saturated carbocycles. The standard InChI is InChI=1S/C28H39N3O4S/c1-2-28(31-13-15-34-16-14-31)9-5-21(6-10-28)35-22-7-11-29-27-26(22)25-19(3-4-23(25)36-27)17-24(33)30-12-8-20(32)18-30/h7,11,19-21,32H,2-6,8-10,12-18H2,1H3/t19-,20+,21-,28-/m1/s1. The van der Waals surface area contributed by atoms with E-state index in [4.69, 9.17) is 9.47 Å². The summed E-state index contributed by atoms with van der Waals surface area (Å²) in [4.78, 5) is 24.6. The van der Waals surface area contributed by atoms with Crippen LogP contribution in [0.4, 0.5) is 0 Å². The second-order valence-electron chi connectivity index (χ2n) is 11.1. The van der Waals surface area contributed by atoms with Gasteiger partial charge >= 0.3 is 0 Å². The maximum absolute atomic E-state index is 13.0. The molecule has 4 heterocycles. The number of ether oxygens (including phenoxy) is 2. The van der Waals surface area contributed by atoms with Crippen LogP contribution in [0.25, 0.3) is 10.2 Å². The summed E-state index contributed by atoms with van der Waals surface area (Å²) in [5, 5.41) is 11.0. The van der Waals surface area contributed by atoms with Crippen molar-refractivity contribution in [3.8, 4) is 5.75 Å². The lowest BCUT2D eigenvalue weighted by atomic mass is 9.77. The molecule has 196 valence electrons. The van der Waals surface area contributed by atoms with E-state index in [-0.39, 0.29) is 29.6 Å². The molecule has 3 fully saturated rings. The van der Waals surface area contributed by atoms with Crippen molar-refractivity contribution in [1.29, 1.82) is 0 Å². The van der Waals surface area contributed by atoms with Crippen LogP contribution < -0.4 is 4.74 Å². The lowest BCUT2D eigenvalue weighted by Crippen LogP contribution is -2.55. The van der Waals surface area contributed by atoms with E-state index in [1.165, 1.54) is 29.7 Å². The van der Waals surface area contributed by atoms with E-state index in [9.17, 15) is 9.90 Å². The second kappa shape index (κ2) is 10.2. The highest BCUT2D eigenvalue weighted by Crippen LogP contribution is 2.48. The average molecular weight is 514 g/mol. The molecular formula is C28H39N3O4S. The topological polar surface area (TPSA) is 75.1 Å². The van der Waals surface area contributed by atoms with Gasteiger partial charge in [-0.3, -0.25) is 9.69 Å². The summed E-state index contributed by atoms with van der Waals surface area (Å²) in [7, 11) is 0. The predicted octanol–water partition coefficient (Wildman–Crippen LogP) is 4.11. The van der Waals surface area contributed by atoms with Crippen molar-refractivity contribution in [3.63, 3.8) is 0 Å². The molecule has 0 aromatic carbocycles. The van der Waals surface area contributed by atoms with Crippen LogP contribution in [0.3, 0.4) is 0 Å². The normalized spacial score (nSPS) is 31.2. The quantitative estimate of drug-likeness (QED) is 0.627. The van der Waals surface area contributed by atoms with Crippen molar-refractivity contribution >= 4 is 27.5 Å². The Kier molecular flexibility index (Phi) is 6.97. The third-order valence-corrected chi connectivity index (χ3v) is 10.4. The minimum atomic E-state index is -0.371. The van der Waals surface area contributed by atoms with Gasteiger partial charge < -0.3 is 19.5 Å². The molecule has 2 aromatic rings. The number of aliphatic hydroxyl groups is 1. The van der Waals surface area contributed by atoms with E-state index in [0.29, 0.717) is 25.9 Å². The van der Waals surface area contributed by atoms with Crippen LogP contribution in [-0.2, 0) is 16.0 Å². The Hall–Kier alpha value is -1.74. The molecule has 0 radical (unpaired) electrons. The fourth-order valence-corrected chi connectivity index (χ4v) is 8.36. The van der Waals surface area contributed by atoms with Crippen LogP contribution in [-0.4, -0.2) is 82.9 Å². The maximum Gasteiger partial charge on any atom is 0.223 e. The van der Waals surface area contributed by atoms with Crippen LogP contribution in [0.15, 0.2) is 12.3 Å². The first-order chi connectivity index (χ1) is 17.6. The Bertz CT molecular complexity index is 1090. The van der Waals surface area contributed by atoms with E-state index in [2.05, 4.69) is 16.8 Å². The lowest BCUT2D eigenvalue weighted by Gasteiger charge is -2.49. The first kappa shape index (κ1) is 24.6. The molecule has 1 amide bonds. The summed E-state index contributed by atoms with van der Waals surface area (Å²) in [6.07, 6.45) is 10.6. The molecule has 0 spiro atoms. The van der Waals surface area contributed by atoms with Crippen molar-refractivity contribution in [2.45, 2.75) is 88.4 Å². The third kappa shape index (κ3) is 4.55. The summed E-state index contributed by atoms with van der Waals surface area (Å²) in [5.74, 6) is 1.33. The third-order valence-electron chi connectivity index (χ3n) is 9.23. The molecule has 8 heteroatoms. The molecule has 7 nitrogen and oxygen atoms in total. The van der Waals surface area contributed by atoms with E-state index in [0.717, 1.165) is 68.0 Å². The van der Waals surface area contributed by atoms with Gasteiger partial charge in [-0.1, -0.05) is 6.92 Å². The molecule has 2 aliphatic heterocycles. The molecular weight excluding hydrogens is 474 g/mol. The summed E-state index contributed by atoms with van der Waals surface area (Å²) < 4.78 is 12.3. The van der Waals surface area contributed by atoms with Gasteiger partial charge in [0.1, 0.15) is 10.6 Å². The van der Waals surface area contributed by atoms with E-state index >= 15 is 0 Å². The highest BCUT2D eigenvalue weighted by molar-refractivity contribution is 7.19. The molecule has 2 atom stereocenters. The molecule has 2 aromatic heterocycles. The zero-order valence-corrected chi connectivity index (χ0v) is 22.2.